The van der Waals surface area contributed by atoms with E-state index in [1.807, 2.05) is 42.8 Å². The number of amides is 4. The van der Waals surface area contributed by atoms with Crippen molar-refractivity contribution < 1.29 is 38.1 Å². The third kappa shape index (κ3) is 8.01. The van der Waals surface area contributed by atoms with Crippen LogP contribution in [0, 0.1) is 17.8 Å². The van der Waals surface area contributed by atoms with Crippen LogP contribution in [-0.4, -0.2) is 106 Å². The molecule has 1 unspecified atom stereocenters. The highest BCUT2D eigenvalue weighted by Crippen LogP contribution is 2.44. The number of aromatic amines is 2. The summed E-state index contributed by atoms with van der Waals surface area (Å²) >= 11 is 0. The Labute approximate surface area is 372 Å². The molecule has 9 rings (SSSR count). The van der Waals surface area contributed by atoms with E-state index in [4.69, 9.17) is 28.9 Å². The van der Waals surface area contributed by atoms with Crippen molar-refractivity contribution >= 4 is 45.8 Å². The average Bonchev–Trinajstić information content (AvgIpc) is 4.14. The summed E-state index contributed by atoms with van der Waals surface area (Å²) in [4.78, 5) is 73.7. The lowest BCUT2D eigenvalue weighted by Crippen LogP contribution is -2.53. The standard InChI is InChI=1S/C48H58N8O8/c1-7-27-18-38(55(23-27)45(57)41(54-48(60)62-6)28-14-16-63-17-15-28)44-50-35-12-10-29-20-34-32-11-9-30(19-31(32)24-64-39(34)21-33(29)42(35)52-44)36-22-49-43(51-36)37-13-8-26(4)56(37)46(58)40(25(2)3)53-47(59)61-5/h9-12,19-22,25-28,37-38,40-41H,7-8,13-18,23-24H2,1-6H3,(H,49,51)(H,50,52)(H,53,59)(H,54,60)/t26-,27-,37-,38-,40?,41-/m0/s1. The number of hydrogen-bond acceptors (Lipinski definition) is 10. The van der Waals surface area contributed by atoms with Crippen molar-refractivity contribution in [3.63, 3.8) is 0 Å². The van der Waals surface area contributed by atoms with E-state index in [1.54, 1.807) is 0 Å². The maximum Gasteiger partial charge on any atom is 0.407 e. The van der Waals surface area contributed by atoms with Crippen LogP contribution in [0.5, 0.6) is 5.75 Å². The second kappa shape index (κ2) is 17.8. The molecule has 0 spiro atoms. The molecule has 3 saturated heterocycles. The summed E-state index contributed by atoms with van der Waals surface area (Å²) in [6.07, 6.45) is 5.19. The Morgan fingerprint density at radius 1 is 0.891 bits per heavy atom. The largest absolute Gasteiger partial charge is 0.488 e. The number of aromatic nitrogens is 4. The molecule has 16 heteroatoms. The Kier molecular flexibility index (Phi) is 12.0. The molecule has 4 aliphatic heterocycles. The van der Waals surface area contributed by atoms with Crippen LogP contribution in [0.4, 0.5) is 9.59 Å². The van der Waals surface area contributed by atoms with Gasteiger partial charge in [-0.05, 0) is 103 Å². The van der Waals surface area contributed by atoms with Gasteiger partial charge in [-0.25, -0.2) is 19.6 Å². The highest BCUT2D eigenvalue weighted by atomic mass is 16.5. The van der Waals surface area contributed by atoms with Gasteiger partial charge in [-0.2, -0.15) is 0 Å². The van der Waals surface area contributed by atoms with Gasteiger partial charge in [0, 0.05) is 36.8 Å². The van der Waals surface area contributed by atoms with Crippen LogP contribution in [0.1, 0.15) is 95.5 Å². The fourth-order valence-electron chi connectivity index (χ4n) is 10.3. The average molecular weight is 875 g/mol. The molecule has 4 N–H and O–H groups in total. The van der Waals surface area contributed by atoms with Gasteiger partial charge in [0.1, 0.15) is 36.1 Å². The topological polar surface area (TPSA) is 193 Å². The third-order valence-electron chi connectivity index (χ3n) is 13.9. The lowest BCUT2D eigenvalue weighted by molar-refractivity contribution is -0.138. The van der Waals surface area contributed by atoms with Gasteiger partial charge in [-0.1, -0.05) is 45.4 Å². The molecule has 6 atom stereocenters. The van der Waals surface area contributed by atoms with Gasteiger partial charge in [-0.3, -0.25) is 9.59 Å². The Bertz CT molecular complexity index is 2580. The minimum absolute atomic E-state index is 0.0180. The molecule has 6 heterocycles. The summed E-state index contributed by atoms with van der Waals surface area (Å²) in [6.45, 7) is 10.1. The van der Waals surface area contributed by atoms with E-state index in [0.29, 0.717) is 50.9 Å². The van der Waals surface area contributed by atoms with Crippen molar-refractivity contribution in [2.45, 2.75) is 103 Å². The summed E-state index contributed by atoms with van der Waals surface area (Å²) in [6, 6.07) is 12.7. The highest BCUT2D eigenvalue weighted by Gasteiger charge is 2.44. The molecule has 3 fully saturated rings. The van der Waals surface area contributed by atoms with Gasteiger partial charge in [0.25, 0.3) is 0 Å². The number of hydrogen-bond donors (Lipinski definition) is 4. The minimum Gasteiger partial charge on any atom is -0.488 e. The number of nitrogens with one attached hydrogen (secondary N) is 4. The quantitative estimate of drug-likeness (QED) is 0.109. The van der Waals surface area contributed by atoms with E-state index in [2.05, 4.69) is 63.9 Å². The first-order valence-electron chi connectivity index (χ1n) is 22.6. The van der Waals surface area contributed by atoms with Crippen molar-refractivity contribution in [3.05, 3.63) is 65.9 Å². The van der Waals surface area contributed by atoms with Crippen LogP contribution in [0.25, 0.3) is 44.2 Å². The number of carbonyl (C=O) groups is 4. The maximum atomic E-state index is 14.4. The van der Waals surface area contributed by atoms with Crippen LogP contribution < -0.4 is 15.4 Å². The SMILES string of the molecule is CC[C@H]1C[C@@H](c2nc3ccc4cc5c(cc4c3[nH]2)OCc2cc(-c3cnc([C@@H]4CC[C@H](C)N4C(=O)C(NC(=O)OC)C(C)C)[nH]3)ccc2-5)N(C(=O)[C@@H](NC(=O)OC)C2CCOCC2)C1. The molecular weight excluding hydrogens is 817 g/mol. The van der Waals surface area contributed by atoms with E-state index in [1.165, 1.54) is 14.2 Å². The number of benzene rings is 3. The maximum absolute atomic E-state index is 14.4. The number of H-pyrrole nitrogens is 2. The van der Waals surface area contributed by atoms with E-state index in [9.17, 15) is 19.2 Å². The van der Waals surface area contributed by atoms with Crippen molar-refractivity contribution in [1.29, 1.82) is 0 Å². The first-order chi connectivity index (χ1) is 31.0. The van der Waals surface area contributed by atoms with E-state index >= 15 is 0 Å². The lowest BCUT2D eigenvalue weighted by atomic mass is 9.90. The van der Waals surface area contributed by atoms with Crippen LogP contribution >= 0.6 is 0 Å². The molecule has 5 aromatic rings. The molecular formula is C48H58N8O8. The molecule has 338 valence electrons. The molecule has 4 aliphatic rings. The molecule has 16 nitrogen and oxygen atoms in total. The summed E-state index contributed by atoms with van der Waals surface area (Å²) in [7, 11) is 2.61. The fourth-order valence-corrected chi connectivity index (χ4v) is 10.3. The van der Waals surface area contributed by atoms with E-state index in [0.717, 1.165) is 87.0 Å². The van der Waals surface area contributed by atoms with Gasteiger partial charge < -0.3 is 49.3 Å². The molecule has 0 radical (unpaired) electrons. The molecule has 4 amide bonds. The summed E-state index contributed by atoms with van der Waals surface area (Å²) in [5.41, 5.74) is 6.61. The van der Waals surface area contributed by atoms with E-state index in [-0.39, 0.29) is 41.8 Å². The first kappa shape index (κ1) is 43.1. The Hall–Kier alpha value is -6.16. The van der Waals surface area contributed by atoms with Crippen molar-refractivity contribution in [1.82, 2.24) is 40.4 Å². The monoisotopic (exact) mass is 874 g/mol. The number of ether oxygens (including phenoxy) is 4. The summed E-state index contributed by atoms with van der Waals surface area (Å²) in [5.74, 6) is 2.05. The summed E-state index contributed by atoms with van der Waals surface area (Å²) in [5, 5.41) is 7.60. The van der Waals surface area contributed by atoms with Gasteiger partial charge in [0.05, 0.1) is 49.2 Å². The molecule has 0 saturated carbocycles. The Morgan fingerprint density at radius 2 is 1.67 bits per heavy atom. The third-order valence-corrected chi connectivity index (χ3v) is 13.9. The number of fused-ring (bicyclic) bond motifs is 6. The van der Waals surface area contributed by atoms with Gasteiger partial charge >= 0.3 is 12.2 Å². The number of rotatable bonds is 10. The lowest BCUT2D eigenvalue weighted by Gasteiger charge is -2.34. The second-order valence-electron chi connectivity index (χ2n) is 18.1. The van der Waals surface area contributed by atoms with Gasteiger partial charge in [-0.15, -0.1) is 0 Å². The molecule has 0 bridgehead atoms. The number of nitrogens with zero attached hydrogens (tertiary/aromatic N) is 4. The Morgan fingerprint density at radius 3 is 2.42 bits per heavy atom. The predicted octanol–water partition coefficient (Wildman–Crippen LogP) is 7.55. The molecule has 64 heavy (non-hydrogen) atoms. The highest BCUT2D eigenvalue weighted by molar-refractivity contribution is 6.07. The zero-order valence-corrected chi connectivity index (χ0v) is 37.4. The summed E-state index contributed by atoms with van der Waals surface area (Å²) < 4.78 is 21.8. The predicted molar refractivity (Wildman–Crippen MR) is 239 cm³/mol. The smallest absolute Gasteiger partial charge is 0.407 e. The van der Waals surface area contributed by atoms with Crippen molar-refractivity contribution in [2.24, 2.45) is 17.8 Å². The first-order valence-corrected chi connectivity index (χ1v) is 22.6. The van der Waals surface area contributed by atoms with E-state index < -0.39 is 24.3 Å². The minimum atomic E-state index is -0.720. The van der Waals surface area contributed by atoms with Gasteiger partial charge in [0.15, 0.2) is 0 Å². The van der Waals surface area contributed by atoms with Gasteiger partial charge in [0.2, 0.25) is 11.8 Å². The number of likely N-dealkylation sites (tertiary alicyclic amines) is 2. The normalized spacial score (nSPS) is 21.9. The molecule has 3 aromatic carbocycles. The van der Waals surface area contributed by atoms with Crippen LogP contribution in [0.2, 0.25) is 0 Å². The van der Waals surface area contributed by atoms with Crippen molar-refractivity contribution in [3.8, 4) is 28.1 Å². The second-order valence-corrected chi connectivity index (χ2v) is 18.1. The van der Waals surface area contributed by atoms with Crippen LogP contribution in [0.3, 0.4) is 0 Å². The van der Waals surface area contributed by atoms with Crippen molar-refractivity contribution in [2.75, 3.05) is 34.0 Å². The number of alkyl carbamates (subject to hydrolysis) is 2. The number of imidazole rings is 2. The van der Waals surface area contributed by atoms with Crippen LogP contribution in [0.15, 0.2) is 48.7 Å². The molecule has 2 aromatic heterocycles. The fraction of sp³-hybridized carbons (Fsp3) is 0.500. The van der Waals surface area contributed by atoms with Crippen LogP contribution in [-0.2, 0) is 30.4 Å². The zero-order chi connectivity index (χ0) is 44.8. The number of methoxy groups -OCH3 is 2. The number of carbonyl (C=O) groups excluding carboxylic acids is 4. The Balaban J connectivity index is 0.970. The zero-order valence-electron chi connectivity index (χ0n) is 37.4. The molecule has 0 aliphatic carbocycles.